The fourth-order valence-corrected chi connectivity index (χ4v) is 2.00. The van der Waals surface area contributed by atoms with E-state index in [-0.39, 0.29) is 18.2 Å². The van der Waals surface area contributed by atoms with Gasteiger partial charge in [-0.05, 0) is 39.8 Å². The summed E-state index contributed by atoms with van der Waals surface area (Å²) in [7, 11) is 0. The summed E-state index contributed by atoms with van der Waals surface area (Å²) in [6.07, 6.45) is 1.89. The van der Waals surface area contributed by atoms with Crippen LogP contribution in [-0.4, -0.2) is 30.4 Å². The zero-order valence-electron chi connectivity index (χ0n) is 10.0. The van der Waals surface area contributed by atoms with E-state index < -0.39 is 11.4 Å². The molecule has 1 aliphatic rings. The predicted octanol–water partition coefficient (Wildman–Crippen LogP) is -0.244. The Hall–Kier alpha value is -1.10. The van der Waals surface area contributed by atoms with E-state index in [4.69, 9.17) is 5.73 Å². The van der Waals surface area contributed by atoms with E-state index in [1.54, 1.807) is 0 Å². The molecule has 2 amide bonds. The van der Waals surface area contributed by atoms with Crippen molar-refractivity contribution in [1.29, 1.82) is 0 Å². The highest BCUT2D eigenvalue weighted by atomic mass is 16.2. The van der Waals surface area contributed by atoms with E-state index in [1.807, 2.05) is 13.8 Å². The highest BCUT2D eigenvalue weighted by Gasteiger charge is 2.27. The van der Waals surface area contributed by atoms with Gasteiger partial charge < -0.3 is 16.4 Å². The van der Waals surface area contributed by atoms with Gasteiger partial charge in [-0.1, -0.05) is 0 Å². The highest BCUT2D eigenvalue weighted by molar-refractivity contribution is 5.81. The monoisotopic (exact) mass is 227 g/mol. The number of hydrogen-bond acceptors (Lipinski definition) is 3. The van der Waals surface area contributed by atoms with Crippen molar-refractivity contribution in [2.75, 3.05) is 13.1 Å². The number of hydrogen-bond donors (Lipinski definition) is 3. The van der Waals surface area contributed by atoms with Crippen molar-refractivity contribution < 1.29 is 9.59 Å². The number of primary amides is 1. The van der Waals surface area contributed by atoms with Gasteiger partial charge in [0.05, 0.1) is 0 Å². The molecule has 0 aromatic rings. The molecular formula is C11H21N3O2. The van der Waals surface area contributed by atoms with Crippen LogP contribution in [0.1, 0.15) is 33.1 Å². The molecule has 4 N–H and O–H groups in total. The van der Waals surface area contributed by atoms with Crippen molar-refractivity contribution in [3.05, 3.63) is 0 Å². The second-order valence-corrected chi connectivity index (χ2v) is 5.04. The minimum Gasteiger partial charge on any atom is -0.370 e. The first-order valence-corrected chi connectivity index (χ1v) is 5.72. The van der Waals surface area contributed by atoms with Crippen LogP contribution in [0.15, 0.2) is 0 Å². The van der Waals surface area contributed by atoms with Gasteiger partial charge in [-0.3, -0.25) is 9.59 Å². The average Bonchev–Trinajstić information content (AvgIpc) is 2.16. The first kappa shape index (κ1) is 13.0. The first-order valence-electron chi connectivity index (χ1n) is 5.72. The number of rotatable bonds is 4. The van der Waals surface area contributed by atoms with Crippen LogP contribution in [0, 0.1) is 5.92 Å². The lowest BCUT2D eigenvalue weighted by Gasteiger charge is -2.29. The Morgan fingerprint density at radius 2 is 1.94 bits per heavy atom. The number of piperidine rings is 1. The third-order valence-corrected chi connectivity index (χ3v) is 2.79. The minimum atomic E-state index is -0.548. The summed E-state index contributed by atoms with van der Waals surface area (Å²) in [4.78, 5) is 22.7. The Kier molecular flexibility index (Phi) is 4.29. The van der Waals surface area contributed by atoms with Gasteiger partial charge in [-0.25, -0.2) is 0 Å². The van der Waals surface area contributed by atoms with Gasteiger partial charge in [0.15, 0.2) is 0 Å². The lowest BCUT2D eigenvalue weighted by atomic mass is 9.94. The van der Waals surface area contributed by atoms with Gasteiger partial charge in [0, 0.05) is 17.9 Å². The molecule has 0 aromatic heterocycles. The third-order valence-electron chi connectivity index (χ3n) is 2.79. The summed E-state index contributed by atoms with van der Waals surface area (Å²) < 4.78 is 0. The normalized spacial score (nSPS) is 18.1. The van der Waals surface area contributed by atoms with Crippen LogP contribution in [0.2, 0.25) is 0 Å². The lowest BCUT2D eigenvalue weighted by Crippen LogP contribution is -2.49. The molecule has 5 heteroatoms. The van der Waals surface area contributed by atoms with Gasteiger partial charge in [-0.15, -0.1) is 0 Å². The quantitative estimate of drug-likeness (QED) is 0.619. The fourth-order valence-electron chi connectivity index (χ4n) is 2.00. The van der Waals surface area contributed by atoms with Gasteiger partial charge in [-0.2, -0.15) is 0 Å². The maximum absolute atomic E-state index is 11.9. The SMILES string of the molecule is CC(C)(CC(N)=O)NC(=O)C1CCNCC1. The molecule has 0 radical (unpaired) electrons. The fraction of sp³-hybridized carbons (Fsp3) is 0.818. The Balaban J connectivity index is 2.45. The van der Waals surface area contributed by atoms with Gasteiger partial charge >= 0.3 is 0 Å². The zero-order valence-corrected chi connectivity index (χ0v) is 10.0. The number of nitrogens with one attached hydrogen (secondary N) is 2. The zero-order chi connectivity index (χ0) is 12.2. The summed E-state index contributed by atoms with van der Waals surface area (Å²) in [5, 5.41) is 6.10. The van der Waals surface area contributed by atoms with Crippen molar-refractivity contribution in [2.45, 2.75) is 38.6 Å². The van der Waals surface area contributed by atoms with Crippen LogP contribution in [0.4, 0.5) is 0 Å². The maximum Gasteiger partial charge on any atom is 0.223 e. The Morgan fingerprint density at radius 3 is 2.44 bits per heavy atom. The minimum absolute atomic E-state index is 0.0350. The average molecular weight is 227 g/mol. The third kappa shape index (κ3) is 4.18. The molecule has 1 heterocycles. The smallest absolute Gasteiger partial charge is 0.223 e. The molecule has 1 saturated heterocycles. The molecule has 0 aliphatic carbocycles. The maximum atomic E-state index is 11.9. The van der Waals surface area contributed by atoms with Crippen molar-refractivity contribution in [1.82, 2.24) is 10.6 Å². The molecule has 1 aliphatic heterocycles. The molecule has 0 unspecified atom stereocenters. The van der Waals surface area contributed by atoms with Crippen LogP contribution in [0.25, 0.3) is 0 Å². The summed E-state index contributed by atoms with van der Waals surface area (Å²) in [6, 6.07) is 0. The summed E-state index contributed by atoms with van der Waals surface area (Å²) in [5.41, 5.74) is 4.58. The van der Waals surface area contributed by atoms with Crippen molar-refractivity contribution in [3.8, 4) is 0 Å². The molecule has 92 valence electrons. The van der Waals surface area contributed by atoms with Gasteiger partial charge in [0.25, 0.3) is 0 Å². The molecule has 0 aromatic carbocycles. The Morgan fingerprint density at radius 1 is 1.38 bits per heavy atom. The number of amides is 2. The van der Waals surface area contributed by atoms with E-state index in [1.165, 1.54) is 0 Å². The largest absolute Gasteiger partial charge is 0.370 e. The first-order chi connectivity index (χ1) is 7.41. The van der Waals surface area contributed by atoms with Gasteiger partial charge in [0.2, 0.25) is 11.8 Å². The van der Waals surface area contributed by atoms with E-state index in [0.717, 1.165) is 25.9 Å². The van der Waals surface area contributed by atoms with Crippen molar-refractivity contribution in [3.63, 3.8) is 0 Å². The number of nitrogens with two attached hydrogens (primary N) is 1. The second kappa shape index (κ2) is 5.30. The molecular weight excluding hydrogens is 206 g/mol. The van der Waals surface area contributed by atoms with E-state index in [0.29, 0.717) is 0 Å². The summed E-state index contributed by atoms with van der Waals surface area (Å²) >= 11 is 0. The van der Waals surface area contributed by atoms with E-state index >= 15 is 0 Å². The molecule has 1 rings (SSSR count). The van der Waals surface area contributed by atoms with Crippen LogP contribution >= 0.6 is 0 Å². The topological polar surface area (TPSA) is 84.2 Å². The molecule has 0 spiro atoms. The predicted molar refractivity (Wildman–Crippen MR) is 61.6 cm³/mol. The van der Waals surface area contributed by atoms with Crippen molar-refractivity contribution in [2.24, 2.45) is 11.7 Å². The summed E-state index contributed by atoms with van der Waals surface area (Å²) in [5.74, 6) is -0.295. The molecule has 0 atom stereocenters. The van der Waals surface area contributed by atoms with Crippen LogP contribution in [0.3, 0.4) is 0 Å². The standard InChI is InChI=1S/C11H21N3O2/c1-11(2,7-9(12)15)14-10(16)8-3-5-13-6-4-8/h8,13H,3-7H2,1-2H3,(H2,12,15)(H,14,16). The Bertz CT molecular complexity index is 270. The molecule has 0 bridgehead atoms. The van der Waals surface area contributed by atoms with Crippen LogP contribution in [0.5, 0.6) is 0 Å². The summed E-state index contributed by atoms with van der Waals surface area (Å²) in [6.45, 7) is 5.40. The molecule has 16 heavy (non-hydrogen) atoms. The molecule has 5 nitrogen and oxygen atoms in total. The van der Waals surface area contributed by atoms with E-state index in [2.05, 4.69) is 10.6 Å². The highest BCUT2D eigenvalue weighted by Crippen LogP contribution is 2.15. The Labute approximate surface area is 96.1 Å². The van der Waals surface area contributed by atoms with E-state index in [9.17, 15) is 9.59 Å². The lowest BCUT2D eigenvalue weighted by molar-refractivity contribution is -0.128. The van der Waals surface area contributed by atoms with Crippen LogP contribution in [-0.2, 0) is 9.59 Å². The second-order valence-electron chi connectivity index (χ2n) is 5.04. The number of carbonyl (C=O) groups is 2. The number of carbonyl (C=O) groups excluding carboxylic acids is 2. The van der Waals surface area contributed by atoms with Crippen LogP contribution < -0.4 is 16.4 Å². The molecule has 0 saturated carbocycles. The van der Waals surface area contributed by atoms with Gasteiger partial charge in [0.1, 0.15) is 0 Å². The molecule has 1 fully saturated rings. The van der Waals surface area contributed by atoms with Crippen molar-refractivity contribution >= 4 is 11.8 Å².